The van der Waals surface area contributed by atoms with Crippen LogP contribution in [0, 0.1) is 13.8 Å². The lowest BCUT2D eigenvalue weighted by Crippen LogP contribution is -2.57. The van der Waals surface area contributed by atoms with Crippen molar-refractivity contribution < 1.29 is 18.8 Å². The Hall–Kier alpha value is -1.93. The third kappa shape index (κ3) is 3.93. The van der Waals surface area contributed by atoms with E-state index in [0.29, 0.717) is 30.1 Å². The average molecular weight is 390 g/mol. The van der Waals surface area contributed by atoms with E-state index in [1.807, 2.05) is 4.90 Å². The molecule has 8 nitrogen and oxygen atoms in total. The van der Waals surface area contributed by atoms with Crippen LogP contribution in [0.15, 0.2) is 4.52 Å². The molecule has 28 heavy (non-hydrogen) atoms. The molecular formula is C20H30N4O4. The van der Waals surface area contributed by atoms with Gasteiger partial charge in [-0.05, 0) is 39.5 Å². The first-order valence-electron chi connectivity index (χ1n) is 10.4. The van der Waals surface area contributed by atoms with Crippen molar-refractivity contribution in [1.82, 2.24) is 20.3 Å². The van der Waals surface area contributed by atoms with Gasteiger partial charge < -0.3 is 24.4 Å². The van der Waals surface area contributed by atoms with Gasteiger partial charge in [-0.2, -0.15) is 0 Å². The molecule has 2 saturated heterocycles. The minimum Gasteiger partial charge on any atom is -0.365 e. The fraction of sp³-hybridized carbons (Fsp3) is 0.750. The normalized spacial score (nSPS) is 25.0. The van der Waals surface area contributed by atoms with E-state index >= 15 is 0 Å². The molecule has 0 aromatic carbocycles. The second-order valence-electron chi connectivity index (χ2n) is 8.24. The third-order valence-electron chi connectivity index (χ3n) is 6.44. The van der Waals surface area contributed by atoms with Gasteiger partial charge in [-0.15, -0.1) is 0 Å². The Morgan fingerprint density at radius 2 is 1.93 bits per heavy atom. The molecule has 8 heteroatoms. The number of nitrogens with zero attached hydrogens (tertiary/aromatic N) is 3. The highest BCUT2D eigenvalue weighted by molar-refractivity contribution is 5.96. The van der Waals surface area contributed by atoms with E-state index in [2.05, 4.69) is 15.4 Å². The molecule has 2 aliphatic heterocycles. The number of likely N-dealkylation sites (tertiary alicyclic amines) is 1. The van der Waals surface area contributed by atoms with Crippen molar-refractivity contribution in [3.63, 3.8) is 0 Å². The van der Waals surface area contributed by atoms with Gasteiger partial charge in [0.15, 0.2) is 0 Å². The van der Waals surface area contributed by atoms with Crippen molar-refractivity contribution in [2.24, 2.45) is 0 Å². The zero-order valence-electron chi connectivity index (χ0n) is 16.8. The monoisotopic (exact) mass is 390 g/mol. The summed E-state index contributed by atoms with van der Waals surface area (Å²) in [5.74, 6) is 0.363. The molecule has 2 amide bonds. The predicted octanol–water partition coefficient (Wildman–Crippen LogP) is 1.27. The van der Waals surface area contributed by atoms with E-state index in [-0.39, 0.29) is 30.6 Å². The van der Waals surface area contributed by atoms with Crippen LogP contribution in [0.2, 0.25) is 0 Å². The minimum atomic E-state index is -0.211. The lowest BCUT2D eigenvalue weighted by atomic mass is 9.89. The first-order chi connectivity index (χ1) is 13.5. The third-order valence-corrected chi connectivity index (χ3v) is 6.44. The number of amides is 2. The van der Waals surface area contributed by atoms with Gasteiger partial charge in [0.2, 0.25) is 5.91 Å². The van der Waals surface area contributed by atoms with E-state index in [9.17, 15) is 9.59 Å². The molecule has 154 valence electrons. The Bertz CT molecular complexity index is 702. The zero-order chi connectivity index (χ0) is 19.7. The van der Waals surface area contributed by atoms with Crippen LogP contribution < -0.4 is 5.32 Å². The van der Waals surface area contributed by atoms with Crippen LogP contribution in [0.5, 0.6) is 0 Å². The first-order valence-corrected chi connectivity index (χ1v) is 10.4. The molecule has 1 aromatic heterocycles. The van der Waals surface area contributed by atoms with Gasteiger partial charge in [0.1, 0.15) is 17.9 Å². The van der Waals surface area contributed by atoms with Crippen LogP contribution in [-0.4, -0.2) is 77.7 Å². The van der Waals surface area contributed by atoms with Gasteiger partial charge >= 0.3 is 0 Å². The van der Waals surface area contributed by atoms with Gasteiger partial charge in [0, 0.05) is 38.3 Å². The Morgan fingerprint density at radius 1 is 1.18 bits per heavy atom. The number of hydrogen-bond acceptors (Lipinski definition) is 6. The summed E-state index contributed by atoms with van der Waals surface area (Å²) < 4.78 is 10.7. The van der Waals surface area contributed by atoms with Crippen molar-refractivity contribution in [2.45, 2.75) is 64.1 Å². The number of ether oxygens (including phenoxy) is 1. The maximum atomic E-state index is 12.4. The number of morpholine rings is 1. The molecule has 1 aromatic rings. The quantitative estimate of drug-likeness (QED) is 0.815. The summed E-state index contributed by atoms with van der Waals surface area (Å²) in [5.41, 5.74) is 1.06. The molecule has 0 bridgehead atoms. The van der Waals surface area contributed by atoms with Crippen LogP contribution in [0.25, 0.3) is 0 Å². The van der Waals surface area contributed by atoms with Crippen LogP contribution in [0.4, 0.5) is 0 Å². The summed E-state index contributed by atoms with van der Waals surface area (Å²) in [6, 6.07) is 1.06. The predicted molar refractivity (Wildman–Crippen MR) is 102 cm³/mol. The fourth-order valence-corrected chi connectivity index (χ4v) is 4.54. The summed E-state index contributed by atoms with van der Waals surface area (Å²) >= 11 is 0. The summed E-state index contributed by atoms with van der Waals surface area (Å²) in [6.45, 7) is 6.62. The molecule has 3 aliphatic rings. The van der Waals surface area contributed by atoms with Gasteiger partial charge in [-0.25, -0.2) is 0 Å². The Morgan fingerprint density at radius 3 is 2.54 bits per heavy atom. The van der Waals surface area contributed by atoms with Crippen LogP contribution in [0.1, 0.15) is 53.9 Å². The zero-order valence-corrected chi connectivity index (χ0v) is 16.8. The maximum absolute atomic E-state index is 12.4. The average Bonchev–Trinajstić information content (AvgIpc) is 2.98. The highest BCUT2D eigenvalue weighted by Gasteiger charge is 2.36. The molecule has 1 atom stereocenters. The van der Waals surface area contributed by atoms with Crippen molar-refractivity contribution in [2.75, 3.05) is 32.8 Å². The van der Waals surface area contributed by atoms with Crippen molar-refractivity contribution in [1.29, 1.82) is 0 Å². The van der Waals surface area contributed by atoms with Gasteiger partial charge in [-0.3, -0.25) is 9.59 Å². The molecular weight excluding hydrogens is 360 g/mol. The fourth-order valence-electron chi connectivity index (χ4n) is 4.54. The summed E-state index contributed by atoms with van der Waals surface area (Å²) in [6.07, 6.45) is 5.88. The standard InChI is InChI=1S/C20H30N4O4/c1-13-19(14(2)28-22-13)20(26)21-10-17-11-24(18(25)12-27-17)16-6-8-23(9-7-16)15-4-3-5-15/h15-17H,3-12H2,1-2H3,(H,21,26)/t17-/m0/s1. The number of hydrogen-bond donors (Lipinski definition) is 1. The molecule has 1 N–H and O–H groups in total. The number of carbonyl (C=O) groups excluding carboxylic acids is 2. The van der Waals surface area contributed by atoms with Crippen molar-refractivity contribution >= 4 is 11.8 Å². The Kier molecular flexibility index (Phi) is 5.68. The number of aryl methyl sites for hydroxylation is 2. The molecule has 4 rings (SSSR count). The van der Waals surface area contributed by atoms with Crippen molar-refractivity contribution in [3.05, 3.63) is 17.0 Å². The minimum absolute atomic E-state index is 0.0652. The Balaban J connectivity index is 1.28. The van der Waals surface area contributed by atoms with E-state index < -0.39 is 0 Å². The van der Waals surface area contributed by atoms with E-state index in [4.69, 9.17) is 9.26 Å². The largest absolute Gasteiger partial charge is 0.365 e. The second kappa shape index (κ2) is 8.21. The second-order valence-corrected chi connectivity index (χ2v) is 8.24. The maximum Gasteiger partial charge on any atom is 0.256 e. The topological polar surface area (TPSA) is 87.9 Å². The van der Waals surface area contributed by atoms with Crippen LogP contribution in [0.3, 0.4) is 0 Å². The number of nitrogens with one attached hydrogen (secondary N) is 1. The molecule has 1 saturated carbocycles. The number of piperidine rings is 1. The van der Waals surface area contributed by atoms with E-state index in [1.54, 1.807) is 13.8 Å². The highest BCUT2D eigenvalue weighted by Crippen LogP contribution is 2.29. The molecule has 0 radical (unpaired) electrons. The lowest BCUT2D eigenvalue weighted by Gasteiger charge is -2.45. The highest BCUT2D eigenvalue weighted by atomic mass is 16.5. The summed E-state index contributed by atoms with van der Waals surface area (Å²) in [5, 5.41) is 6.72. The summed E-state index contributed by atoms with van der Waals surface area (Å²) in [7, 11) is 0. The SMILES string of the molecule is Cc1noc(C)c1C(=O)NC[C@H]1CN(C2CCN(C3CCC3)CC2)C(=O)CO1. The van der Waals surface area contributed by atoms with Crippen LogP contribution in [-0.2, 0) is 9.53 Å². The molecule has 0 spiro atoms. The molecule has 0 unspecified atom stereocenters. The number of carbonyl (C=O) groups is 2. The Labute approximate surface area is 165 Å². The smallest absolute Gasteiger partial charge is 0.256 e. The summed E-state index contributed by atoms with van der Waals surface area (Å²) in [4.78, 5) is 29.4. The number of rotatable bonds is 5. The van der Waals surface area contributed by atoms with Gasteiger partial charge in [0.25, 0.3) is 5.91 Å². The molecule has 3 fully saturated rings. The van der Waals surface area contributed by atoms with E-state index in [0.717, 1.165) is 32.0 Å². The van der Waals surface area contributed by atoms with Crippen molar-refractivity contribution in [3.8, 4) is 0 Å². The molecule has 1 aliphatic carbocycles. The number of aromatic nitrogens is 1. The first kappa shape index (κ1) is 19.4. The van der Waals surface area contributed by atoms with Gasteiger partial charge in [0.05, 0.1) is 11.8 Å². The lowest BCUT2D eigenvalue weighted by molar-refractivity contribution is -0.153. The molecule has 3 heterocycles. The van der Waals surface area contributed by atoms with Crippen LogP contribution >= 0.6 is 0 Å². The van der Waals surface area contributed by atoms with Gasteiger partial charge in [-0.1, -0.05) is 11.6 Å². The van der Waals surface area contributed by atoms with E-state index in [1.165, 1.54) is 19.3 Å².